The molecule has 10 nitrogen and oxygen atoms in total. The predicted octanol–water partition coefficient (Wildman–Crippen LogP) is 0.503. The van der Waals surface area contributed by atoms with Crippen molar-refractivity contribution < 1.29 is 81.2 Å². The molecule has 1 saturated heterocycles. The van der Waals surface area contributed by atoms with Gasteiger partial charge in [-0.25, -0.2) is 12.8 Å². The van der Waals surface area contributed by atoms with Crippen LogP contribution in [-0.4, -0.2) is 90.1 Å². The van der Waals surface area contributed by atoms with Crippen LogP contribution in [0.3, 0.4) is 0 Å². The summed E-state index contributed by atoms with van der Waals surface area (Å²) in [4.78, 5) is 11.9. The first-order valence-electron chi connectivity index (χ1n) is 14.6. The molecule has 13 heteroatoms. The fourth-order valence-corrected chi connectivity index (χ4v) is 5.20. The van der Waals surface area contributed by atoms with Crippen molar-refractivity contribution in [1.29, 1.82) is 0 Å². The minimum Gasteiger partial charge on any atom is -0.748 e. The van der Waals surface area contributed by atoms with Crippen molar-refractivity contribution >= 4 is 16.1 Å². The Morgan fingerprint density at radius 3 is 1.82 bits per heavy atom. The van der Waals surface area contributed by atoms with Gasteiger partial charge in [-0.15, -0.1) is 0 Å². The minimum atomic E-state index is -4.82. The van der Waals surface area contributed by atoms with Crippen LogP contribution in [0.4, 0.5) is 4.39 Å². The average molecular weight is 608 g/mol. The molecular formula is C27H50FNaO10S. The van der Waals surface area contributed by atoms with E-state index in [0.717, 1.165) is 19.3 Å². The smallest absolute Gasteiger partial charge is 0.748 e. The molecule has 0 amide bonds. The van der Waals surface area contributed by atoms with Gasteiger partial charge in [0.05, 0.1) is 22.5 Å². The Labute approximate surface area is 261 Å². The van der Waals surface area contributed by atoms with Crippen LogP contribution in [0.1, 0.15) is 110 Å². The van der Waals surface area contributed by atoms with Crippen molar-refractivity contribution in [3.8, 4) is 0 Å². The molecule has 1 heterocycles. The van der Waals surface area contributed by atoms with Crippen molar-refractivity contribution in [1.82, 2.24) is 0 Å². The normalized spacial score (nSPS) is 23.9. The van der Waals surface area contributed by atoms with Crippen molar-refractivity contribution in [2.24, 2.45) is 0 Å². The third kappa shape index (κ3) is 19.3. The summed E-state index contributed by atoms with van der Waals surface area (Å²) in [5, 5.41) is 29.4. The van der Waals surface area contributed by atoms with Crippen LogP contribution < -0.4 is 29.6 Å². The maximum Gasteiger partial charge on any atom is 1.00 e. The zero-order valence-corrected chi connectivity index (χ0v) is 27.2. The number of esters is 1. The van der Waals surface area contributed by atoms with Crippen molar-refractivity contribution in [3.05, 3.63) is 0 Å². The Hall–Kier alpha value is 0.110. The van der Waals surface area contributed by atoms with Crippen molar-refractivity contribution in [2.45, 2.75) is 147 Å². The van der Waals surface area contributed by atoms with Gasteiger partial charge in [-0.1, -0.05) is 96.8 Å². The Kier molecular flexibility index (Phi) is 23.6. The van der Waals surface area contributed by atoms with E-state index in [1.54, 1.807) is 0 Å². The van der Waals surface area contributed by atoms with Crippen LogP contribution in [0, 0.1) is 0 Å². The predicted molar refractivity (Wildman–Crippen MR) is 143 cm³/mol. The quantitative estimate of drug-likeness (QED) is 0.0645. The monoisotopic (exact) mass is 607 g/mol. The largest absolute Gasteiger partial charge is 1.00 e. The zero-order chi connectivity index (χ0) is 29.1. The number of halogens is 1. The van der Waals surface area contributed by atoms with E-state index in [-0.39, 0.29) is 36.0 Å². The van der Waals surface area contributed by atoms with Crippen molar-refractivity contribution in [2.75, 3.05) is 19.0 Å². The Balaban J connectivity index is 0.0000152. The molecule has 1 aliphatic rings. The van der Waals surface area contributed by atoms with E-state index < -0.39 is 71.9 Å². The van der Waals surface area contributed by atoms with Gasteiger partial charge in [-0.05, 0) is 6.42 Å². The van der Waals surface area contributed by atoms with Crippen molar-refractivity contribution in [3.63, 3.8) is 0 Å². The van der Waals surface area contributed by atoms with Gasteiger partial charge in [-0.3, -0.25) is 4.79 Å². The molecular weight excluding hydrogens is 557 g/mol. The maximum atomic E-state index is 14.2. The van der Waals surface area contributed by atoms with Crippen LogP contribution in [-0.2, 0) is 29.1 Å². The van der Waals surface area contributed by atoms with Crippen LogP contribution in [0.5, 0.6) is 0 Å². The summed E-state index contributed by atoms with van der Waals surface area (Å²) in [5.41, 5.74) is 0. The number of carbonyl (C=O) groups is 1. The SMILES string of the molecule is CCCCCCCCCCCCCCCCCC(=O)OCC(O)CO[C@@H]1OC(CS(=O)(=O)[O-])[C@H](O)[C@H](O)C1[18F].[Na+]. The van der Waals surface area contributed by atoms with Gasteiger partial charge < -0.3 is 34.1 Å². The van der Waals surface area contributed by atoms with E-state index >= 15 is 0 Å². The molecule has 0 aromatic carbocycles. The number of carbonyl (C=O) groups excluding carboxylic acids is 1. The van der Waals surface area contributed by atoms with Gasteiger partial charge in [0.25, 0.3) is 0 Å². The van der Waals surface area contributed by atoms with Gasteiger partial charge in [0, 0.05) is 6.42 Å². The number of unbranched alkanes of at least 4 members (excludes halogenated alkanes) is 14. The molecule has 232 valence electrons. The molecule has 6 atom stereocenters. The molecule has 3 N–H and O–H groups in total. The minimum absolute atomic E-state index is 0. The number of aliphatic hydroxyl groups excluding tert-OH is 3. The van der Waals surface area contributed by atoms with E-state index in [0.29, 0.717) is 6.42 Å². The number of hydrogen-bond donors (Lipinski definition) is 3. The Morgan fingerprint density at radius 1 is 0.875 bits per heavy atom. The van der Waals surface area contributed by atoms with Gasteiger partial charge in [0.15, 0.2) is 12.5 Å². The summed E-state index contributed by atoms with van der Waals surface area (Å²) in [6, 6.07) is 0. The van der Waals surface area contributed by atoms with Gasteiger partial charge >= 0.3 is 35.5 Å². The van der Waals surface area contributed by atoms with E-state index in [4.69, 9.17) is 14.2 Å². The summed E-state index contributed by atoms with van der Waals surface area (Å²) in [6.45, 7) is 1.29. The number of alkyl halides is 1. The molecule has 3 unspecified atom stereocenters. The number of hydrogen-bond acceptors (Lipinski definition) is 10. The number of aliphatic hydroxyl groups is 3. The van der Waals surface area contributed by atoms with Crippen LogP contribution in [0.2, 0.25) is 0 Å². The molecule has 0 spiro atoms. The molecule has 0 aliphatic carbocycles. The second kappa shape index (κ2) is 23.6. The summed E-state index contributed by atoms with van der Waals surface area (Å²) >= 11 is 0. The van der Waals surface area contributed by atoms with E-state index in [2.05, 4.69) is 6.92 Å². The van der Waals surface area contributed by atoms with Crippen LogP contribution >= 0.6 is 0 Å². The van der Waals surface area contributed by atoms with E-state index in [1.165, 1.54) is 70.6 Å². The van der Waals surface area contributed by atoms with Gasteiger partial charge in [0.1, 0.15) is 31.0 Å². The third-order valence-corrected chi connectivity index (χ3v) is 7.61. The van der Waals surface area contributed by atoms with E-state index in [9.17, 15) is 37.5 Å². The summed E-state index contributed by atoms with van der Waals surface area (Å²) in [6.07, 6.45) is 7.48. The first-order valence-corrected chi connectivity index (χ1v) is 16.2. The standard InChI is InChI=1S/C27H51FO10S.Na/c1-2-3-4-5-6-7-8-9-10-11-12-13-14-15-16-17-23(30)36-18-21(29)19-37-27-24(28)26(32)25(31)22(38-27)20-39(33,34)35;/h21-22,24-27,29,31-32H,2-20H2,1H3,(H,33,34,35);/q;+1/p-1/t21?,22?,24?,25-,26+,27+;/m0./s1/i28-1;. The second-order valence-corrected chi connectivity index (χ2v) is 12.0. The number of rotatable bonds is 23. The summed E-state index contributed by atoms with van der Waals surface area (Å²) < 4.78 is 62.0. The fraction of sp³-hybridized carbons (Fsp3) is 0.963. The molecule has 0 aromatic heterocycles. The third-order valence-electron chi connectivity index (χ3n) is 6.87. The number of ether oxygens (including phenoxy) is 3. The first-order chi connectivity index (χ1) is 18.5. The summed E-state index contributed by atoms with van der Waals surface area (Å²) in [7, 11) is -4.82. The topological polar surface area (TPSA) is 163 Å². The summed E-state index contributed by atoms with van der Waals surface area (Å²) in [5.74, 6) is -1.66. The molecule has 1 fully saturated rings. The fourth-order valence-electron chi connectivity index (χ4n) is 4.52. The van der Waals surface area contributed by atoms with Crippen LogP contribution in [0.15, 0.2) is 0 Å². The first kappa shape index (κ1) is 40.1. The van der Waals surface area contributed by atoms with Gasteiger partial charge in [0.2, 0.25) is 0 Å². The zero-order valence-electron chi connectivity index (χ0n) is 24.4. The molecule has 0 saturated carbocycles. The Bertz CT molecular complexity index is 745. The Morgan fingerprint density at radius 2 is 1.35 bits per heavy atom. The van der Waals surface area contributed by atoms with Gasteiger partial charge in [-0.2, -0.15) is 0 Å². The molecule has 0 bridgehead atoms. The second-order valence-electron chi connectivity index (χ2n) is 10.6. The molecule has 1 rings (SSSR count). The molecule has 40 heavy (non-hydrogen) atoms. The molecule has 0 aromatic rings. The van der Waals surface area contributed by atoms with E-state index in [1.807, 2.05) is 0 Å². The molecule has 0 radical (unpaired) electrons. The molecule has 1 aliphatic heterocycles. The average Bonchev–Trinajstić information content (AvgIpc) is 2.88. The maximum absolute atomic E-state index is 14.2. The van der Waals surface area contributed by atoms with Crippen LogP contribution in [0.25, 0.3) is 0 Å².